The summed E-state index contributed by atoms with van der Waals surface area (Å²) in [6, 6.07) is 5.71. The lowest BCUT2D eigenvalue weighted by Crippen LogP contribution is -2.27. The van der Waals surface area contributed by atoms with Crippen LogP contribution in [0.4, 0.5) is 0 Å². The number of benzene rings is 1. The van der Waals surface area contributed by atoms with Gasteiger partial charge in [-0.25, -0.2) is 0 Å². The summed E-state index contributed by atoms with van der Waals surface area (Å²) in [5.74, 6) is 1.27. The zero-order valence-corrected chi connectivity index (χ0v) is 13.0. The van der Waals surface area contributed by atoms with Crippen LogP contribution in [-0.4, -0.2) is 22.7 Å². The van der Waals surface area contributed by atoms with E-state index in [-0.39, 0.29) is 0 Å². The largest absolute Gasteiger partial charge is 0.339 e. The Morgan fingerprint density at radius 2 is 2.15 bits per heavy atom. The van der Waals surface area contributed by atoms with Gasteiger partial charge in [-0.15, -0.1) is 0 Å². The molecule has 0 bridgehead atoms. The van der Waals surface area contributed by atoms with E-state index in [1.807, 2.05) is 6.07 Å². The third kappa shape index (κ3) is 4.20. The summed E-state index contributed by atoms with van der Waals surface area (Å²) < 4.78 is 5.25. The van der Waals surface area contributed by atoms with Crippen molar-refractivity contribution in [3.63, 3.8) is 0 Å². The second-order valence-electron chi connectivity index (χ2n) is 4.68. The minimum Gasteiger partial charge on any atom is -0.339 e. The normalized spacial score (nSPS) is 12.6. The van der Waals surface area contributed by atoms with E-state index in [4.69, 9.17) is 27.7 Å². The van der Waals surface area contributed by atoms with Crippen LogP contribution in [0.25, 0.3) is 0 Å². The molecule has 1 aromatic heterocycles. The Bertz CT molecular complexity index is 571. The van der Waals surface area contributed by atoms with Crippen molar-refractivity contribution in [2.75, 3.05) is 6.54 Å². The van der Waals surface area contributed by atoms with Gasteiger partial charge in [0.2, 0.25) is 5.89 Å². The minimum atomic E-state index is 0.312. The fourth-order valence-electron chi connectivity index (χ4n) is 1.96. The molecule has 20 heavy (non-hydrogen) atoms. The van der Waals surface area contributed by atoms with Crippen molar-refractivity contribution in [3.8, 4) is 0 Å². The molecule has 0 radical (unpaired) electrons. The van der Waals surface area contributed by atoms with Crippen LogP contribution in [0.1, 0.15) is 31.1 Å². The first-order valence-electron chi connectivity index (χ1n) is 6.57. The first-order valence-corrected chi connectivity index (χ1v) is 7.33. The highest BCUT2D eigenvalue weighted by Crippen LogP contribution is 2.22. The summed E-state index contributed by atoms with van der Waals surface area (Å²) in [6.07, 6.45) is 1.25. The first kappa shape index (κ1) is 15.3. The summed E-state index contributed by atoms with van der Waals surface area (Å²) in [6.45, 7) is 5.07. The van der Waals surface area contributed by atoms with Crippen LogP contribution in [0.5, 0.6) is 0 Å². The van der Waals surface area contributed by atoms with Gasteiger partial charge in [0.25, 0.3) is 0 Å². The predicted octanol–water partition coefficient (Wildman–Crippen LogP) is 3.51. The molecule has 1 atom stereocenters. The lowest BCUT2D eigenvalue weighted by atomic mass is 10.1. The Morgan fingerprint density at radius 3 is 2.85 bits per heavy atom. The molecule has 2 aromatic rings. The molecule has 0 amide bonds. The van der Waals surface area contributed by atoms with E-state index in [0.717, 1.165) is 18.5 Å². The van der Waals surface area contributed by atoms with Gasteiger partial charge < -0.3 is 9.84 Å². The summed E-state index contributed by atoms with van der Waals surface area (Å²) >= 11 is 12.0. The van der Waals surface area contributed by atoms with Gasteiger partial charge in [-0.3, -0.25) is 0 Å². The molecular weight excluding hydrogens is 297 g/mol. The quantitative estimate of drug-likeness (QED) is 0.886. The van der Waals surface area contributed by atoms with Gasteiger partial charge in [-0.05, 0) is 31.2 Å². The third-order valence-electron chi connectivity index (χ3n) is 2.91. The molecule has 0 aliphatic carbocycles. The van der Waals surface area contributed by atoms with E-state index in [2.05, 4.69) is 29.3 Å². The molecule has 1 N–H and O–H groups in total. The lowest BCUT2D eigenvalue weighted by Gasteiger charge is -2.07. The maximum atomic E-state index is 6.13. The summed E-state index contributed by atoms with van der Waals surface area (Å²) in [7, 11) is 0. The van der Waals surface area contributed by atoms with Crippen molar-refractivity contribution in [1.82, 2.24) is 15.5 Å². The van der Waals surface area contributed by atoms with Gasteiger partial charge in [0.1, 0.15) is 0 Å². The highest BCUT2D eigenvalue weighted by atomic mass is 35.5. The van der Waals surface area contributed by atoms with E-state index in [1.165, 1.54) is 0 Å². The summed E-state index contributed by atoms with van der Waals surface area (Å²) in [5.41, 5.74) is 0.933. The van der Waals surface area contributed by atoms with Gasteiger partial charge in [0, 0.05) is 28.9 Å². The molecule has 6 heteroatoms. The second kappa shape index (κ2) is 7.07. The van der Waals surface area contributed by atoms with Crippen molar-refractivity contribution in [2.24, 2.45) is 0 Å². The molecule has 0 fully saturated rings. The van der Waals surface area contributed by atoms with Crippen LogP contribution in [0.3, 0.4) is 0 Å². The number of aromatic nitrogens is 2. The van der Waals surface area contributed by atoms with Gasteiger partial charge in [-0.2, -0.15) is 4.98 Å². The minimum absolute atomic E-state index is 0.312. The van der Waals surface area contributed by atoms with Crippen molar-refractivity contribution >= 4 is 23.2 Å². The number of nitrogens with zero attached hydrogens (tertiary/aromatic N) is 2. The Labute approximate surface area is 128 Å². The summed E-state index contributed by atoms with van der Waals surface area (Å²) in [5, 5.41) is 8.52. The van der Waals surface area contributed by atoms with E-state index in [9.17, 15) is 0 Å². The topological polar surface area (TPSA) is 51.0 Å². The van der Waals surface area contributed by atoms with Crippen molar-refractivity contribution in [1.29, 1.82) is 0 Å². The third-order valence-corrected chi connectivity index (χ3v) is 3.49. The van der Waals surface area contributed by atoms with E-state index in [0.29, 0.717) is 34.2 Å². The highest BCUT2D eigenvalue weighted by molar-refractivity contribution is 6.35. The molecule has 0 aliphatic rings. The molecule has 4 nitrogen and oxygen atoms in total. The standard InChI is InChI=1S/C14H17Cl2N3O/c1-3-17-9(2)6-14-18-13(19-20-14)7-10-4-5-11(15)8-12(10)16/h4-5,8-9,17H,3,6-7H2,1-2H3. The second-order valence-corrected chi connectivity index (χ2v) is 5.52. The molecule has 108 valence electrons. The average Bonchev–Trinajstić information content (AvgIpc) is 2.80. The van der Waals surface area contributed by atoms with Crippen LogP contribution in [-0.2, 0) is 12.8 Å². The Hall–Kier alpha value is -1.10. The van der Waals surface area contributed by atoms with E-state index < -0.39 is 0 Å². The lowest BCUT2D eigenvalue weighted by molar-refractivity contribution is 0.359. The number of hydrogen-bond donors (Lipinski definition) is 1. The van der Waals surface area contributed by atoms with Crippen LogP contribution in [0, 0.1) is 0 Å². The van der Waals surface area contributed by atoms with Gasteiger partial charge >= 0.3 is 0 Å². The molecule has 0 saturated heterocycles. The molecule has 1 unspecified atom stereocenters. The smallest absolute Gasteiger partial charge is 0.228 e. The molecular formula is C14H17Cl2N3O. The zero-order chi connectivity index (χ0) is 14.5. The fraction of sp³-hybridized carbons (Fsp3) is 0.429. The van der Waals surface area contributed by atoms with Crippen molar-refractivity contribution in [3.05, 3.63) is 45.5 Å². The van der Waals surface area contributed by atoms with Crippen molar-refractivity contribution < 1.29 is 4.52 Å². The van der Waals surface area contributed by atoms with Gasteiger partial charge in [0.15, 0.2) is 5.82 Å². The van der Waals surface area contributed by atoms with Crippen LogP contribution < -0.4 is 5.32 Å². The first-order chi connectivity index (χ1) is 9.58. The van der Waals surface area contributed by atoms with Crippen molar-refractivity contribution in [2.45, 2.75) is 32.7 Å². The number of likely N-dealkylation sites (N-methyl/N-ethyl adjacent to an activating group) is 1. The highest BCUT2D eigenvalue weighted by Gasteiger charge is 2.12. The maximum Gasteiger partial charge on any atom is 0.228 e. The number of nitrogens with one attached hydrogen (secondary N) is 1. The van der Waals surface area contributed by atoms with E-state index in [1.54, 1.807) is 12.1 Å². The molecule has 0 spiro atoms. The Kier molecular flexibility index (Phi) is 5.40. The summed E-state index contributed by atoms with van der Waals surface area (Å²) in [4.78, 5) is 4.38. The van der Waals surface area contributed by atoms with Crippen LogP contribution in [0.2, 0.25) is 10.0 Å². The predicted molar refractivity (Wildman–Crippen MR) is 80.4 cm³/mol. The monoisotopic (exact) mass is 313 g/mol. The molecule has 0 aliphatic heterocycles. The zero-order valence-electron chi connectivity index (χ0n) is 11.5. The van der Waals surface area contributed by atoms with Gasteiger partial charge in [0.05, 0.1) is 0 Å². The SMILES string of the molecule is CCNC(C)Cc1nc(Cc2ccc(Cl)cc2Cl)no1. The molecule has 2 rings (SSSR count). The number of hydrogen-bond acceptors (Lipinski definition) is 4. The molecule has 0 saturated carbocycles. The van der Waals surface area contributed by atoms with Gasteiger partial charge in [-0.1, -0.05) is 41.3 Å². The maximum absolute atomic E-state index is 6.13. The van der Waals surface area contributed by atoms with E-state index >= 15 is 0 Å². The number of halogens is 2. The van der Waals surface area contributed by atoms with Crippen LogP contribution >= 0.6 is 23.2 Å². The van der Waals surface area contributed by atoms with Crippen LogP contribution in [0.15, 0.2) is 22.7 Å². The molecule has 1 aromatic carbocycles. The molecule has 1 heterocycles. The number of rotatable bonds is 6. The Morgan fingerprint density at radius 1 is 1.35 bits per heavy atom. The average molecular weight is 314 g/mol. The fourth-order valence-corrected chi connectivity index (χ4v) is 2.44. The Balaban J connectivity index is 2.02.